The molecule has 0 aliphatic carbocycles. The predicted octanol–water partition coefficient (Wildman–Crippen LogP) is -2.57. The molecule has 0 amide bonds. The van der Waals surface area contributed by atoms with Crippen LogP contribution in [0.3, 0.4) is 0 Å². The molecular weight excluding hydrogens is 316 g/mol. The summed E-state index contributed by atoms with van der Waals surface area (Å²) in [5, 5.41) is 64.3. The number of aromatic carboxylic acids is 1. The number of hydrogen-bond donors (Lipinski definition) is 7. The zero-order valence-electron chi connectivity index (χ0n) is 11.6. The van der Waals surface area contributed by atoms with Crippen molar-refractivity contribution in [2.75, 3.05) is 6.61 Å². The number of aliphatic hydroxyl groups excluding tert-OH is 5. The standard InChI is InChI=1S/C13H16O10/c14-4-8(16)9(17)10(18)11(19)13(22)23-5-1-2-7(15)6(3-5)12(20)21/h1-3,8-11,14-19H,4H2,(H,20,21). The fraction of sp³-hybridized carbons (Fsp3) is 0.385. The molecule has 4 unspecified atom stereocenters. The number of carbonyl (C=O) groups is 2. The molecule has 23 heavy (non-hydrogen) atoms. The van der Waals surface area contributed by atoms with Gasteiger partial charge in [0.2, 0.25) is 0 Å². The van der Waals surface area contributed by atoms with E-state index in [1.54, 1.807) is 0 Å². The molecule has 10 heteroatoms. The summed E-state index contributed by atoms with van der Waals surface area (Å²) in [5.74, 6) is -3.83. The smallest absolute Gasteiger partial charge is 0.343 e. The summed E-state index contributed by atoms with van der Waals surface area (Å²) in [6, 6.07) is 2.80. The highest BCUT2D eigenvalue weighted by atomic mass is 16.6. The molecule has 4 atom stereocenters. The Hall–Kier alpha value is -2.24. The molecule has 0 aromatic heterocycles. The Bertz CT molecular complexity index is 572. The first-order valence-corrected chi connectivity index (χ1v) is 6.30. The molecule has 0 heterocycles. The quantitative estimate of drug-likeness (QED) is 0.207. The van der Waals surface area contributed by atoms with Crippen LogP contribution in [0.15, 0.2) is 18.2 Å². The molecule has 128 valence electrons. The Kier molecular flexibility index (Phi) is 6.42. The number of esters is 1. The molecule has 1 aromatic carbocycles. The molecule has 0 aliphatic heterocycles. The molecule has 0 bridgehead atoms. The molecule has 1 aromatic rings. The van der Waals surface area contributed by atoms with Crippen LogP contribution >= 0.6 is 0 Å². The van der Waals surface area contributed by atoms with Crippen LogP contribution in [-0.4, -0.2) is 78.7 Å². The zero-order valence-corrected chi connectivity index (χ0v) is 11.6. The van der Waals surface area contributed by atoms with Gasteiger partial charge in [0.05, 0.1) is 6.61 Å². The van der Waals surface area contributed by atoms with E-state index >= 15 is 0 Å². The summed E-state index contributed by atoms with van der Waals surface area (Å²) in [5.41, 5.74) is -0.555. The monoisotopic (exact) mass is 332 g/mol. The van der Waals surface area contributed by atoms with Gasteiger partial charge in [0, 0.05) is 0 Å². The van der Waals surface area contributed by atoms with Crippen molar-refractivity contribution in [3.8, 4) is 11.5 Å². The third kappa shape index (κ3) is 4.61. The number of rotatable bonds is 7. The second-order valence-corrected chi connectivity index (χ2v) is 4.58. The topological polar surface area (TPSA) is 185 Å². The summed E-state index contributed by atoms with van der Waals surface area (Å²) in [6.07, 6.45) is -8.23. The average Bonchev–Trinajstić information content (AvgIpc) is 2.53. The normalized spacial score (nSPS) is 16.2. The van der Waals surface area contributed by atoms with Crippen molar-refractivity contribution in [1.29, 1.82) is 0 Å². The molecule has 0 aliphatic rings. The van der Waals surface area contributed by atoms with E-state index in [-0.39, 0.29) is 5.75 Å². The van der Waals surface area contributed by atoms with Gasteiger partial charge in [0.15, 0.2) is 6.10 Å². The van der Waals surface area contributed by atoms with Crippen LogP contribution in [0.4, 0.5) is 0 Å². The van der Waals surface area contributed by atoms with E-state index in [0.29, 0.717) is 0 Å². The van der Waals surface area contributed by atoms with Gasteiger partial charge in [-0.2, -0.15) is 0 Å². The summed E-state index contributed by atoms with van der Waals surface area (Å²) >= 11 is 0. The lowest BCUT2D eigenvalue weighted by atomic mass is 10.0. The third-order valence-electron chi connectivity index (χ3n) is 2.91. The van der Waals surface area contributed by atoms with Gasteiger partial charge < -0.3 is 40.5 Å². The minimum atomic E-state index is -2.27. The van der Waals surface area contributed by atoms with E-state index in [9.17, 15) is 30.0 Å². The second-order valence-electron chi connectivity index (χ2n) is 4.58. The highest BCUT2D eigenvalue weighted by Crippen LogP contribution is 2.23. The highest BCUT2D eigenvalue weighted by molar-refractivity contribution is 5.91. The van der Waals surface area contributed by atoms with Gasteiger partial charge in [-0.3, -0.25) is 0 Å². The number of benzene rings is 1. The number of aromatic hydroxyl groups is 1. The van der Waals surface area contributed by atoms with Crippen molar-refractivity contribution in [2.24, 2.45) is 0 Å². The largest absolute Gasteiger partial charge is 0.507 e. The summed E-state index contributed by atoms with van der Waals surface area (Å²) in [6.45, 7) is -0.917. The van der Waals surface area contributed by atoms with Crippen molar-refractivity contribution >= 4 is 11.9 Å². The number of carboxylic acid groups (broad SMARTS) is 1. The summed E-state index contributed by atoms with van der Waals surface area (Å²) in [4.78, 5) is 22.5. The van der Waals surface area contributed by atoms with Crippen LogP contribution in [0.1, 0.15) is 10.4 Å². The number of phenols is 1. The van der Waals surface area contributed by atoms with Gasteiger partial charge in [-0.15, -0.1) is 0 Å². The summed E-state index contributed by atoms with van der Waals surface area (Å²) in [7, 11) is 0. The summed E-state index contributed by atoms with van der Waals surface area (Å²) < 4.78 is 4.63. The SMILES string of the molecule is O=C(O)c1cc(OC(=O)C(O)C(O)C(O)C(O)CO)ccc1O. The van der Waals surface area contributed by atoms with Crippen molar-refractivity contribution in [3.63, 3.8) is 0 Å². The molecule has 7 N–H and O–H groups in total. The molecule has 0 radical (unpaired) electrons. The van der Waals surface area contributed by atoms with E-state index in [2.05, 4.69) is 4.74 Å². The first-order valence-electron chi connectivity index (χ1n) is 6.30. The average molecular weight is 332 g/mol. The minimum absolute atomic E-state index is 0.339. The van der Waals surface area contributed by atoms with Crippen LogP contribution in [0, 0.1) is 0 Å². The molecule has 0 saturated heterocycles. The van der Waals surface area contributed by atoms with Crippen molar-refractivity contribution < 1.29 is 50.1 Å². The fourth-order valence-corrected chi connectivity index (χ4v) is 1.59. The van der Waals surface area contributed by atoms with Crippen LogP contribution in [-0.2, 0) is 4.79 Å². The van der Waals surface area contributed by atoms with Gasteiger partial charge in [-0.25, -0.2) is 9.59 Å². The van der Waals surface area contributed by atoms with Crippen molar-refractivity contribution in [3.05, 3.63) is 23.8 Å². The Labute approximate surface area is 129 Å². The van der Waals surface area contributed by atoms with Crippen molar-refractivity contribution in [2.45, 2.75) is 24.4 Å². The van der Waals surface area contributed by atoms with Crippen LogP contribution in [0.2, 0.25) is 0 Å². The van der Waals surface area contributed by atoms with E-state index in [1.165, 1.54) is 0 Å². The Balaban J connectivity index is 2.83. The van der Waals surface area contributed by atoms with Gasteiger partial charge in [-0.1, -0.05) is 0 Å². The maximum absolute atomic E-state index is 11.6. The van der Waals surface area contributed by atoms with Gasteiger partial charge in [0.1, 0.15) is 35.4 Å². The predicted molar refractivity (Wildman–Crippen MR) is 71.8 cm³/mol. The zero-order chi connectivity index (χ0) is 17.7. The second kappa shape index (κ2) is 7.85. The van der Waals surface area contributed by atoms with Gasteiger partial charge in [-0.05, 0) is 18.2 Å². The lowest BCUT2D eigenvalue weighted by Gasteiger charge is -2.24. The van der Waals surface area contributed by atoms with Gasteiger partial charge in [0.25, 0.3) is 0 Å². The fourth-order valence-electron chi connectivity index (χ4n) is 1.59. The van der Waals surface area contributed by atoms with Crippen molar-refractivity contribution in [1.82, 2.24) is 0 Å². The first-order chi connectivity index (χ1) is 10.7. The maximum Gasteiger partial charge on any atom is 0.343 e. The van der Waals surface area contributed by atoms with E-state index in [1.807, 2.05) is 0 Å². The lowest BCUT2D eigenvalue weighted by Crippen LogP contribution is -2.49. The van der Waals surface area contributed by atoms with Crippen LogP contribution in [0.5, 0.6) is 11.5 Å². The lowest BCUT2D eigenvalue weighted by molar-refractivity contribution is -0.161. The number of carbonyl (C=O) groups excluding carboxylic acids is 1. The van der Waals surface area contributed by atoms with Crippen LogP contribution in [0.25, 0.3) is 0 Å². The Morgan fingerprint density at radius 3 is 2.22 bits per heavy atom. The highest BCUT2D eigenvalue weighted by Gasteiger charge is 2.35. The molecule has 0 fully saturated rings. The molecule has 0 saturated carbocycles. The van der Waals surface area contributed by atoms with Gasteiger partial charge >= 0.3 is 11.9 Å². The molecule has 0 spiro atoms. The molecular formula is C13H16O10. The molecule has 1 rings (SSSR count). The molecule has 10 nitrogen and oxygen atoms in total. The van der Waals surface area contributed by atoms with Crippen LogP contribution < -0.4 is 4.74 Å². The number of ether oxygens (including phenoxy) is 1. The number of carboxylic acids is 1. The minimum Gasteiger partial charge on any atom is -0.507 e. The third-order valence-corrected chi connectivity index (χ3v) is 2.91. The maximum atomic E-state index is 11.6. The Morgan fingerprint density at radius 1 is 1.09 bits per heavy atom. The Morgan fingerprint density at radius 2 is 1.70 bits per heavy atom. The van der Waals surface area contributed by atoms with E-state index < -0.39 is 54.3 Å². The van der Waals surface area contributed by atoms with E-state index in [4.69, 9.17) is 15.3 Å². The first kappa shape index (κ1) is 18.8. The number of hydrogen-bond acceptors (Lipinski definition) is 9. The number of aliphatic hydroxyl groups is 5. The van der Waals surface area contributed by atoms with E-state index in [0.717, 1.165) is 18.2 Å².